The highest BCUT2D eigenvalue weighted by molar-refractivity contribution is 6.33. The lowest BCUT2D eigenvalue weighted by atomic mass is 10.3. The van der Waals surface area contributed by atoms with Crippen LogP contribution in [0.2, 0.25) is 5.02 Å². The zero-order valence-electron chi connectivity index (χ0n) is 13.4. The number of aromatic nitrogens is 2. The first-order valence-corrected chi connectivity index (χ1v) is 7.83. The predicted octanol–water partition coefficient (Wildman–Crippen LogP) is 4.13. The van der Waals surface area contributed by atoms with Gasteiger partial charge in [-0.05, 0) is 42.5 Å². The van der Waals surface area contributed by atoms with Crippen LogP contribution in [0, 0.1) is 0 Å². The molecule has 1 aromatic heterocycles. The Hall–Kier alpha value is -3.12. The van der Waals surface area contributed by atoms with Gasteiger partial charge in [0.25, 0.3) is 5.91 Å². The molecular formula is C18H15ClN4O2. The van der Waals surface area contributed by atoms with E-state index in [2.05, 4.69) is 20.6 Å². The summed E-state index contributed by atoms with van der Waals surface area (Å²) in [6.07, 6.45) is 1.51. The smallest absolute Gasteiger partial charge is 0.274 e. The summed E-state index contributed by atoms with van der Waals surface area (Å²) in [4.78, 5) is 20.7. The highest BCUT2D eigenvalue weighted by Crippen LogP contribution is 2.23. The first-order valence-electron chi connectivity index (χ1n) is 7.46. The van der Waals surface area contributed by atoms with Crippen molar-refractivity contribution in [1.29, 1.82) is 0 Å². The van der Waals surface area contributed by atoms with Gasteiger partial charge in [0.1, 0.15) is 11.4 Å². The summed E-state index contributed by atoms with van der Waals surface area (Å²) in [5, 5.41) is 6.31. The van der Waals surface area contributed by atoms with Crippen molar-refractivity contribution in [2.45, 2.75) is 0 Å². The third-order valence-electron chi connectivity index (χ3n) is 3.36. The van der Waals surface area contributed by atoms with E-state index in [1.54, 1.807) is 43.5 Å². The molecule has 0 aliphatic heterocycles. The number of rotatable bonds is 5. The summed E-state index contributed by atoms with van der Waals surface area (Å²) >= 11 is 6.10. The van der Waals surface area contributed by atoms with Crippen molar-refractivity contribution in [2.24, 2.45) is 0 Å². The number of methoxy groups -OCH3 is 1. The molecule has 126 valence electrons. The fourth-order valence-corrected chi connectivity index (χ4v) is 2.28. The molecule has 1 amide bonds. The summed E-state index contributed by atoms with van der Waals surface area (Å²) in [5.74, 6) is 0.663. The maximum Gasteiger partial charge on any atom is 0.274 e. The van der Waals surface area contributed by atoms with Crippen molar-refractivity contribution in [3.8, 4) is 5.75 Å². The fourth-order valence-electron chi connectivity index (χ4n) is 2.10. The number of hydrogen-bond donors (Lipinski definition) is 2. The molecule has 0 aliphatic carbocycles. The molecule has 2 aromatic carbocycles. The number of carbonyl (C=O) groups is 1. The SMILES string of the molecule is COc1ccc(NC(=O)c2ccnc(Nc3ccccc3Cl)n2)cc1. The molecule has 0 bridgehead atoms. The van der Waals surface area contributed by atoms with Gasteiger partial charge in [-0.2, -0.15) is 0 Å². The predicted molar refractivity (Wildman–Crippen MR) is 97.7 cm³/mol. The van der Waals surface area contributed by atoms with Crippen LogP contribution in [0.4, 0.5) is 17.3 Å². The van der Waals surface area contributed by atoms with E-state index in [-0.39, 0.29) is 17.5 Å². The number of benzene rings is 2. The summed E-state index contributed by atoms with van der Waals surface area (Å²) in [6.45, 7) is 0. The molecule has 0 unspecified atom stereocenters. The Labute approximate surface area is 149 Å². The number of anilines is 3. The number of nitrogens with zero attached hydrogens (tertiary/aromatic N) is 2. The van der Waals surface area contributed by atoms with E-state index in [1.165, 1.54) is 12.3 Å². The molecule has 3 rings (SSSR count). The lowest BCUT2D eigenvalue weighted by Gasteiger charge is -2.09. The largest absolute Gasteiger partial charge is 0.497 e. The third kappa shape index (κ3) is 4.24. The van der Waals surface area contributed by atoms with Gasteiger partial charge in [-0.15, -0.1) is 0 Å². The van der Waals surface area contributed by atoms with Gasteiger partial charge in [0.05, 0.1) is 17.8 Å². The summed E-state index contributed by atoms with van der Waals surface area (Å²) in [6, 6.07) is 15.8. The third-order valence-corrected chi connectivity index (χ3v) is 3.69. The van der Waals surface area contributed by atoms with Gasteiger partial charge in [-0.3, -0.25) is 4.79 Å². The molecule has 2 N–H and O–H groups in total. The minimum Gasteiger partial charge on any atom is -0.497 e. The number of carbonyl (C=O) groups excluding carboxylic acids is 1. The van der Waals surface area contributed by atoms with Crippen LogP contribution in [0.25, 0.3) is 0 Å². The van der Waals surface area contributed by atoms with E-state index >= 15 is 0 Å². The molecule has 1 heterocycles. The Bertz CT molecular complexity index is 884. The molecule has 7 heteroatoms. The normalized spacial score (nSPS) is 10.2. The van der Waals surface area contributed by atoms with Crippen LogP contribution >= 0.6 is 11.6 Å². The van der Waals surface area contributed by atoms with Gasteiger partial charge in [0.15, 0.2) is 0 Å². The molecule has 25 heavy (non-hydrogen) atoms. The number of ether oxygens (including phenoxy) is 1. The molecule has 6 nitrogen and oxygen atoms in total. The maximum absolute atomic E-state index is 12.4. The quantitative estimate of drug-likeness (QED) is 0.720. The zero-order chi connectivity index (χ0) is 17.6. The molecule has 0 saturated heterocycles. The van der Waals surface area contributed by atoms with Crippen molar-refractivity contribution in [1.82, 2.24) is 9.97 Å². The Balaban J connectivity index is 1.74. The summed E-state index contributed by atoms with van der Waals surface area (Å²) in [7, 11) is 1.59. The average molecular weight is 355 g/mol. The van der Waals surface area contributed by atoms with Gasteiger partial charge < -0.3 is 15.4 Å². The monoisotopic (exact) mass is 354 g/mol. The molecule has 0 fully saturated rings. The molecular weight excluding hydrogens is 340 g/mol. The van der Waals surface area contributed by atoms with Crippen molar-refractivity contribution in [3.63, 3.8) is 0 Å². The topological polar surface area (TPSA) is 76.1 Å². The number of para-hydroxylation sites is 1. The van der Waals surface area contributed by atoms with Gasteiger partial charge >= 0.3 is 0 Å². The van der Waals surface area contributed by atoms with Crippen LogP contribution in [0.5, 0.6) is 5.75 Å². The highest BCUT2D eigenvalue weighted by Gasteiger charge is 2.10. The standard InChI is InChI=1S/C18H15ClN4O2/c1-25-13-8-6-12(7-9-13)21-17(24)16-10-11-20-18(23-16)22-15-5-3-2-4-14(15)19/h2-11H,1H3,(H,21,24)(H,20,22,23). The molecule has 0 spiro atoms. The second-order valence-corrected chi connectivity index (χ2v) is 5.46. The zero-order valence-corrected chi connectivity index (χ0v) is 14.1. The van der Waals surface area contributed by atoms with E-state index in [1.807, 2.05) is 12.1 Å². The van der Waals surface area contributed by atoms with E-state index in [0.717, 1.165) is 0 Å². The molecule has 0 radical (unpaired) electrons. The van der Waals surface area contributed by atoms with Crippen LogP contribution in [-0.4, -0.2) is 23.0 Å². The van der Waals surface area contributed by atoms with Crippen molar-refractivity contribution >= 4 is 34.8 Å². The van der Waals surface area contributed by atoms with Crippen LogP contribution in [0.3, 0.4) is 0 Å². The highest BCUT2D eigenvalue weighted by atomic mass is 35.5. The van der Waals surface area contributed by atoms with Crippen molar-refractivity contribution < 1.29 is 9.53 Å². The Kier molecular flexibility index (Phi) is 5.11. The minimum absolute atomic E-state index is 0.236. The molecule has 0 saturated carbocycles. The van der Waals surface area contributed by atoms with Crippen LogP contribution < -0.4 is 15.4 Å². The van der Waals surface area contributed by atoms with Crippen molar-refractivity contribution in [2.75, 3.05) is 17.7 Å². The van der Waals surface area contributed by atoms with Gasteiger partial charge in [-0.25, -0.2) is 9.97 Å². The number of hydrogen-bond acceptors (Lipinski definition) is 5. The van der Waals surface area contributed by atoms with E-state index in [0.29, 0.717) is 22.1 Å². The van der Waals surface area contributed by atoms with Crippen LogP contribution in [-0.2, 0) is 0 Å². The van der Waals surface area contributed by atoms with Gasteiger partial charge in [0, 0.05) is 11.9 Å². The second kappa shape index (κ2) is 7.63. The lowest BCUT2D eigenvalue weighted by molar-refractivity contribution is 0.102. The number of amides is 1. The van der Waals surface area contributed by atoms with Crippen LogP contribution in [0.1, 0.15) is 10.5 Å². The second-order valence-electron chi connectivity index (χ2n) is 5.05. The maximum atomic E-state index is 12.4. The Morgan fingerprint density at radius 2 is 1.84 bits per heavy atom. The van der Waals surface area contributed by atoms with E-state index < -0.39 is 0 Å². The van der Waals surface area contributed by atoms with E-state index in [4.69, 9.17) is 16.3 Å². The fraction of sp³-hybridized carbons (Fsp3) is 0.0556. The minimum atomic E-state index is -0.338. The first-order chi connectivity index (χ1) is 12.2. The van der Waals surface area contributed by atoms with E-state index in [9.17, 15) is 4.79 Å². The summed E-state index contributed by atoms with van der Waals surface area (Å²) < 4.78 is 5.09. The number of nitrogens with one attached hydrogen (secondary N) is 2. The molecule has 0 aliphatic rings. The average Bonchev–Trinajstić information content (AvgIpc) is 2.64. The number of halogens is 1. The Morgan fingerprint density at radius 1 is 1.08 bits per heavy atom. The van der Waals surface area contributed by atoms with Crippen molar-refractivity contribution in [3.05, 3.63) is 71.5 Å². The lowest BCUT2D eigenvalue weighted by Crippen LogP contribution is -2.14. The van der Waals surface area contributed by atoms with Crippen LogP contribution in [0.15, 0.2) is 60.8 Å². The Morgan fingerprint density at radius 3 is 2.56 bits per heavy atom. The first kappa shape index (κ1) is 16.7. The molecule has 3 aromatic rings. The van der Waals surface area contributed by atoms with Gasteiger partial charge in [0.2, 0.25) is 5.95 Å². The van der Waals surface area contributed by atoms with Gasteiger partial charge in [-0.1, -0.05) is 23.7 Å². The summed E-state index contributed by atoms with van der Waals surface area (Å²) in [5.41, 5.74) is 1.54. The molecule has 0 atom stereocenters.